The molecule has 0 unspecified atom stereocenters. The van der Waals surface area contributed by atoms with Gasteiger partial charge in [-0.25, -0.2) is 0 Å². The van der Waals surface area contributed by atoms with Crippen LogP contribution in [0.1, 0.15) is 4.88 Å². The highest BCUT2D eigenvalue weighted by atomic mass is 79.9. The van der Waals surface area contributed by atoms with Crippen molar-refractivity contribution in [2.24, 2.45) is 0 Å². The third kappa shape index (κ3) is 3.40. The molecule has 0 amide bonds. The van der Waals surface area contributed by atoms with Crippen LogP contribution in [0.4, 0.5) is 11.4 Å². The highest BCUT2D eigenvalue weighted by molar-refractivity contribution is 9.11. The third-order valence-corrected chi connectivity index (χ3v) is 4.38. The maximum atomic E-state index is 6.04. The fraction of sp³-hybridized carbons (Fsp3) is 0.231. The van der Waals surface area contributed by atoms with E-state index in [4.69, 9.17) is 11.6 Å². The van der Waals surface area contributed by atoms with Crippen molar-refractivity contribution in [3.63, 3.8) is 0 Å². The number of anilines is 2. The minimum absolute atomic E-state index is 0.746. The molecule has 0 saturated heterocycles. The molecule has 1 aromatic carbocycles. The van der Waals surface area contributed by atoms with E-state index in [1.54, 1.807) is 11.3 Å². The molecule has 2 aromatic rings. The predicted molar refractivity (Wildman–Crippen MR) is 85.1 cm³/mol. The van der Waals surface area contributed by atoms with Crippen LogP contribution < -0.4 is 10.2 Å². The van der Waals surface area contributed by atoms with E-state index in [1.807, 2.05) is 32.3 Å². The van der Waals surface area contributed by atoms with Crippen molar-refractivity contribution in [3.8, 4) is 0 Å². The lowest BCUT2D eigenvalue weighted by molar-refractivity contribution is 1.11. The molecule has 0 aliphatic carbocycles. The van der Waals surface area contributed by atoms with Gasteiger partial charge >= 0.3 is 0 Å². The van der Waals surface area contributed by atoms with Gasteiger partial charge in [-0.05, 0) is 46.3 Å². The summed E-state index contributed by atoms with van der Waals surface area (Å²) >= 11 is 11.2. The number of hydrogen-bond donors (Lipinski definition) is 1. The first kappa shape index (κ1) is 13.7. The molecule has 1 aromatic heterocycles. The molecule has 0 saturated carbocycles. The first-order valence-corrected chi connectivity index (χ1v) is 7.50. The summed E-state index contributed by atoms with van der Waals surface area (Å²) in [6, 6.07) is 10.1. The molecular formula is C13H14BrClN2S. The lowest BCUT2D eigenvalue weighted by Crippen LogP contribution is -2.11. The third-order valence-electron chi connectivity index (χ3n) is 2.52. The molecule has 0 bridgehead atoms. The van der Waals surface area contributed by atoms with Gasteiger partial charge in [0.05, 0.1) is 15.2 Å². The van der Waals surface area contributed by atoms with E-state index in [0.717, 1.165) is 26.7 Å². The highest BCUT2D eigenvalue weighted by Crippen LogP contribution is 2.29. The van der Waals surface area contributed by atoms with Crippen molar-refractivity contribution < 1.29 is 0 Å². The number of rotatable bonds is 4. The van der Waals surface area contributed by atoms with Crippen LogP contribution >= 0.6 is 38.9 Å². The van der Waals surface area contributed by atoms with Crippen LogP contribution in [-0.4, -0.2) is 14.1 Å². The predicted octanol–water partition coefficient (Wildman–Crippen LogP) is 4.84. The zero-order chi connectivity index (χ0) is 13.1. The van der Waals surface area contributed by atoms with Crippen molar-refractivity contribution >= 4 is 50.2 Å². The fourth-order valence-electron chi connectivity index (χ4n) is 1.67. The maximum absolute atomic E-state index is 6.04. The Morgan fingerprint density at radius 1 is 1.28 bits per heavy atom. The number of halogens is 2. The molecule has 2 rings (SSSR count). The summed E-state index contributed by atoms with van der Waals surface area (Å²) in [5.74, 6) is 0. The van der Waals surface area contributed by atoms with Gasteiger partial charge in [0.15, 0.2) is 0 Å². The van der Waals surface area contributed by atoms with Crippen LogP contribution in [0.25, 0.3) is 0 Å². The van der Waals surface area contributed by atoms with Gasteiger partial charge in [0, 0.05) is 30.5 Å². The van der Waals surface area contributed by atoms with E-state index in [2.05, 4.69) is 38.3 Å². The van der Waals surface area contributed by atoms with E-state index >= 15 is 0 Å². The van der Waals surface area contributed by atoms with Gasteiger partial charge in [-0.2, -0.15) is 0 Å². The summed E-state index contributed by atoms with van der Waals surface area (Å²) in [4.78, 5) is 3.36. The van der Waals surface area contributed by atoms with Gasteiger partial charge in [-0.1, -0.05) is 11.6 Å². The molecule has 5 heteroatoms. The van der Waals surface area contributed by atoms with Crippen molar-refractivity contribution in [2.45, 2.75) is 6.54 Å². The summed E-state index contributed by atoms with van der Waals surface area (Å²) < 4.78 is 1.15. The first-order chi connectivity index (χ1) is 8.56. The van der Waals surface area contributed by atoms with Crippen molar-refractivity contribution in [1.82, 2.24) is 0 Å². The minimum atomic E-state index is 0.746. The number of nitrogens with one attached hydrogen (secondary N) is 1. The van der Waals surface area contributed by atoms with E-state index in [1.165, 1.54) is 4.88 Å². The molecule has 18 heavy (non-hydrogen) atoms. The molecule has 0 radical (unpaired) electrons. The number of nitrogens with zero attached hydrogens (tertiary/aromatic N) is 1. The smallest absolute Gasteiger partial charge is 0.0702 e. The maximum Gasteiger partial charge on any atom is 0.0702 e. The van der Waals surface area contributed by atoms with Crippen LogP contribution in [0.3, 0.4) is 0 Å². The van der Waals surface area contributed by atoms with E-state index < -0.39 is 0 Å². The number of hydrogen-bond acceptors (Lipinski definition) is 3. The van der Waals surface area contributed by atoms with Gasteiger partial charge in [0.1, 0.15) is 0 Å². The topological polar surface area (TPSA) is 15.3 Å². The SMILES string of the molecule is CN(C)c1ccc(Cl)cc1NCc1ccc(Br)s1. The first-order valence-electron chi connectivity index (χ1n) is 5.51. The lowest BCUT2D eigenvalue weighted by atomic mass is 10.2. The Hall–Kier alpha value is -0.710. The quantitative estimate of drug-likeness (QED) is 0.852. The average molecular weight is 346 g/mol. The van der Waals surface area contributed by atoms with Gasteiger partial charge in [-0.15, -0.1) is 11.3 Å². The molecule has 96 valence electrons. The zero-order valence-electron chi connectivity index (χ0n) is 10.2. The largest absolute Gasteiger partial charge is 0.378 e. The normalized spacial score (nSPS) is 10.4. The van der Waals surface area contributed by atoms with Gasteiger partial charge in [0.2, 0.25) is 0 Å². The van der Waals surface area contributed by atoms with Crippen LogP contribution in [0, 0.1) is 0 Å². The van der Waals surface area contributed by atoms with Crippen LogP contribution in [0.2, 0.25) is 5.02 Å². The Morgan fingerprint density at radius 3 is 2.67 bits per heavy atom. The molecule has 0 aliphatic rings. The Kier molecular flexibility index (Phi) is 4.54. The zero-order valence-corrected chi connectivity index (χ0v) is 13.4. The van der Waals surface area contributed by atoms with Crippen LogP contribution in [0.5, 0.6) is 0 Å². The molecule has 0 spiro atoms. The second-order valence-corrected chi connectivity index (χ2v) is 7.10. The van der Waals surface area contributed by atoms with Crippen molar-refractivity contribution in [1.29, 1.82) is 0 Å². The lowest BCUT2D eigenvalue weighted by Gasteiger charge is -2.18. The Labute approximate surface area is 125 Å². The van der Waals surface area contributed by atoms with Crippen LogP contribution in [0.15, 0.2) is 34.1 Å². The monoisotopic (exact) mass is 344 g/mol. The molecule has 0 atom stereocenters. The minimum Gasteiger partial charge on any atom is -0.378 e. The standard InChI is InChI=1S/C13H14BrClN2S/c1-17(2)12-5-3-9(15)7-11(12)16-8-10-4-6-13(14)18-10/h3-7,16H,8H2,1-2H3. The second-order valence-electron chi connectivity index (χ2n) is 4.12. The fourth-order valence-corrected chi connectivity index (χ4v) is 3.26. The molecule has 1 N–H and O–H groups in total. The number of thiophene rings is 1. The summed E-state index contributed by atoms with van der Waals surface area (Å²) in [5, 5.41) is 4.17. The molecule has 1 heterocycles. The Balaban J connectivity index is 2.15. The van der Waals surface area contributed by atoms with Gasteiger partial charge in [0.25, 0.3) is 0 Å². The molecule has 2 nitrogen and oxygen atoms in total. The Morgan fingerprint density at radius 2 is 2.06 bits per heavy atom. The Bertz CT molecular complexity index is 540. The van der Waals surface area contributed by atoms with E-state index in [9.17, 15) is 0 Å². The van der Waals surface area contributed by atoms with E-state index in [-0.39, 0.29) is 0 Å². The summed E-state index contributed by atoms with van der Waals surface area (Å²) in [5.41, 5.74) is 2.19. The van der Waals surface area contributed by atoms with Crippen molar-refractivity contribution in [2.75, 3.05) is 24.3 Å². The second kappa shape index (κ2) is 5.95. The van der Waals surface area contributed by atoms with Crippen molar-refractivity contribution in [3.05, 3.63) is 44.0 Å². The van der Waals surface area contributed by atoms with Crippen LogP contribution in [-0.2, 0) is 6.54 Å². The van der Waals surface area contributed by atoms with Gasteiger partial charge < -0.3 is 10.2 Å². The highest BCUT2D eigenvalue weighted by Gasteiger charge is 2.06. The molecule has 0 fully saturated rings. The molecular weight excluding hydrogens is 332 g/mol. The average Bonchev–Trinajstić information content (AvgIpc) is 2.72. The summed E-state index contributed by atoms with van der Waals surface area (Å²) in [7, 11) is 4.05. The summed E-state index contributed by atoms with van der Waals surface area (Å²) in [6.07, 6.45) is 0. The van der Waals surface area contributed by atoms with E-state index in [0.29, 0.717) is 0 Å². The van der Waals surface area contributed by atoms with Gasteiger partial charge in [-0.3, -0.25) is 0 Å². The molecule has 0 aliphatic heterocycles. The summed E-state index contributed by atoms with van der Waals surface area (Å²) in [6.45, 7) is 0.803. The number of benzene rings is 1.